The molecule has 9 heteroatoms. The molecule has 7 nitrogen and oxygen atoms in total. The third-order valence-electron chi connectivity index (χ3n) is 3.27. The summed E-state index contributed by atoms with van der Waals surface area (Å²) in [4.78, 5) is 22.9. The second kappa shape index (κ2) is 13.8. The fourth-order valence-corrected chi connectivity index (χ4v) is 2.44. The molecule has 0 fully saturated rings. The molecule has 0 heterocycles. The summed E-state index contributed by atoms with van der Waals surface area (Å²) >= 11 is 0. The van der Waals surface area contributed by atoms with Crippen molar-refractivity contribution in [1.29, 1.82) is 0 Å². The number of unbranched alkanes of at least 4 members (excludes halogenated alkanes) is 1. The third kappa shape index (κ3) is 12.0. The molecule has 0 aliphatic rings. The zero-order valence-electron chi connectivity index (χ0n) is 13.9. The molecule has 2 unspecified atom stereocenters. The van der Waals surface area contributed by atoms with Crippen molar-refractivity contribution in [3.8, 4) is 0 Å². The van der Waals surface area contributed by atoms with Gasteiger partial charge < -0.3 is 9.47 Å². The van der Waals surface area contributed by atoms with E-state index < -0.39 is 27.5 Å². The van der Waals surface area contributed by atoms with Crippen LogP contribution >= 0.6 is 0 Å². The first-order valence-electron chi connectivity index (χ1n) is 7.76. The van der Waals surface area contributed by atoms with E-state index in [9.17, 15) is 18.0 Å². The van der Waals surface area contributed by atoms with Gasteiger partial charge in [-0.05, 0) is 18.8 Å². The maximum absolute atomic E-state index is 11.5. The standard InChI is InChI=1S/C15H26O7S.Na.H/c1-4-7-8-12(5-2)11-21-13(16)9-10-14(17)22-15(6-3)23(18,19)20;;/h9-10,12,15H,4-8,11H2,1-3H3,(H,18,19,20);;. The Morgan fingerprint density at radius 2 is 1.67 bits per heavy atom. The van der Waals surface area contributed by atoms with E-state index >= 15 is 0 Å². The van der Waals surface area contributed by atoms with Gasteiger partial charge in [0.15, 0.2) is 0 Å². The van der Waals surface area contributed by atoms with Gasteiger partial charge >= 0.3 is 51.6 Å². The molecule has 0 aliphatic heterocycles. The van der Waals surface area contributed by atoms with Crippen LogP contribution < -0.4 is 0 Å². The van der Waals surface area contributed by atoms with Gasteiger partial charge in [0.25, 0.3) is 0 Å². The van der Waals surface area contributed by atoms with Crippen molar-refractivity contribution in [2.75, 3.05) is 6.61 Å². The molecule has 0 spiro atoms. The molecule has 1 N–H and O–H groups in total. The van der Waals surface area contributed by atoms with Crippen LogP contribution in [-0.4, -0.2) is 66.5 Å². The zero-order valence-corrected chi connectivity index (χ0v) is 14.7. The maximum atomic E-state index is 11.5. The minimum atomic E-state index is -4.48. The molecule has 24 heavy (non-hydrogen) atoms. The van der Waals surface area contributed by atoms with Crippen LogP contribution in [0.4, 0.5) is 0 Å². The summed E-state index contributed by atoms with van der Waals surface area (Å²) in [6.07, 6.45) is 5.56. The van der Waals surface area contributed by atoms with Crippen molar-refractivity contribution in [3.63, 3.8) is 0 Å². The second-order valence-corrected chi connectivity index (χ2v) is 6.73. The van der Waals surface area contributed by atoms with Gasteiger partial charge in [0.1, 0.15) is 0 Å². The summed E-state index contributed by atoms with van der Waals surface area (Å²) in [5.41, 5.74) is -1.64. The first kappa shape index (κ1) is 25.8. The monoisotopic (exact) mass is 374 g/mol. The van der Waals surface area contributed by atoms with E-state index in [0.717, 1.165) is 37.8 Å². The van der Waals surface area contributed by atoms with Gasteiger partial charge in [0.05, 0.1) is 6.61 Å². The third-order valence-corrected chi connectivity index (χ3v) is 4.37. The van der Waals surface area contributed by atoms with Gasteiger partial charge in [-0.15, -0.1) is 0 Å². The molecule has 0 bridgehead atoms. The quantitative estimate of drug-likeness (QED) is 0.254. The van der Waals surface area contributed by atoms with Crippen molar-refractivity contribution in [2.45, 2.75) is 58.3 Å². The topological polar surface area (TPSA) is 107 Å². The van der Waals surface area contributed by atoms with E-state index in [4.69, 9.17) is 9.29 Å². The summed E-state index contributed by atoms with van der Waals surface area (Å²) in [6.45, 7) is 5.81. The molecule has 0 amide bonds. The first-order valence-corrected chi connectivity index (χ1v) is 9.26. The normalized spacial score (nSPS) is 13.8. The summed E-state index contributed by atoms with van der Waals surface area (Å²) in [6, 6.07) is 0. The summed E-state index contributed by atoms with van der Waals surface area (Å²) < 4.78 is 40.2. The number of carbonyl (C=O) groups is 2. The van der Waals surface area contributed by atoms with Crippen LogP contribution in [0.15, 0.2) is 12.2 Å². The number of hydrogen-bond acceptors (Lipinski definition) is 6. The molecule has 0 aromatic rings. The van der Waals surface area contributed by atoms with Crippen molar-refractivity contribution >= 4 is 51.6 Å². The van der Waals surface area contributed by atoms with Crippen LogP contribution in [-0.2, 0) is 29.2 Å². The number of hydrogen-bond donors (Lipinski definition) is 1. The van der Waals surface area contributed by atoms with Crippen molar-refractivity contribution in [3.05, 3.63) is 12.2 Å². The van der Waals surface area contributed by atoms with Crippen LogP contribution in [0.2, 0.25) is 0 Å². The van der Waals surface area contributed by atoms with Crippen molar-refractivity contribution < 1.29 is 32.0 Å². The van der Waals surface area contributed by atoms with Gasteiger partial charge in [-0.25, -0.2) is 9.59 Å². The van der Waals surface area contributed by atoms with Crippen LogP contribution in [0.3, 0.4) is 0 Å². The van der Waals surface area contributed by atoms with Crippen molar-refractivity contribution in [2.24, 2.45) is 5.92 Å². The van der Waals surface area contributed by atoms with E-state index in [-0.39, 0.29) is 48.5 Å². The number of rotatable bonds is 11. The summed E-state index contributed by atoms with van der Waals surface area (Å²) in [5.74, 6) is -1.45. The first-order chi connectivity index (χ1) is 10.7. The minimum absolute atomic E-state index is 0. The van der Waals surface area contributed by atoms with Crippen LogP contribution in [0.1, 0.15) is 52.9 Å². The Morgan fingerprint density at radius 3 is 2.12 bits per heavy atom. The number of ether oxygens (including phenoxy) is 2. The molecule has 0 saturated carbocycles. The average Bonchev–Trinajstić information content (AvgIpc) is 2.49. The average molecular weight is 374 g/mol. The predicted molar refractivity (Wildman–Crippen MR) is 92.3 cm³/mol. The van der Waals surface area contributed by atoms with E-state index in [1.54, 1.807) is 0 Å². The molecule has 2 atom stereocenters. The van der Waals surface area contributed by atoms with Crippen LogP contribution in [0, 0.1) is 5.92 Å². The Kier molecular flexibility index (Phi) is 14.9. The van der Waals surface area contributed by atoms with Crippen LogP contribution in [0.25, 0.3) is 0 Å². The van der Waals surface area contributed by atoms with Gasteiger partial charge in [0, 0.05) is 12.2 Å². The van der Waals surface area contributed by atoms with E-state index in [2.05, 4.69) is 11.7 Å². The summed E-state index contributed by atoms with van der Waals surface area (Å²) in [7, 11) is -4.48. The van der Waals surface area contributed by atoms with Gasteiger partial charge in [0.2, 0.25) is 5.44 Å². The van der Waals surface area contributed by atoms with E-state index in [0.29, 0.717) is 0 Å². The fourth-order valence-electron chi connectivity index (χ4n) is 1.81. The molecular formula is C15H27NaO7S. The molecule has 136 valence electrons. The predicted octanol–water partition coefficient (Wildman–Crippen LogP) is 1.82. The second-order valence-electron chi connectivity index (χ2n) is 5.17. The number of carbonyl (C=O) groups excluding carboxylic acids is 2. The molecule has 0 radical (unpaired) electrons. The zero-order chi connectivity index (χ0) is 17.9. The Morgan fingerprint density at radius 1 is 1.08 bits per heavy atom. The molecule has 0 aromatic heterocycles. The fraction of sp³-hybridized carbons (Fsp3) is 0.733. The molecule has 0 saturated heterocycles. The SMILES string of the molecule is CCCCC(CC)COC(=O)C=CC(=O)OC(CC)S(=O)(=O)O.[NaH]. The molecule has 0 aromatic carbocycles. The Labute approximate surface area is 166 Å². The van der Waals surface area contributed by atoms with E-state index in [1.807, 2.05) is 6.92 Å². The molecular weight excluding hydrogens is 347 g/mol. The number of esters is 2. The molecule has 0 rings (SSSR count). The molecule has 0 aliphatic carbocycles. The summed E-state index contributed by atoms with van der Waals surface area (Å²) in [5, 5.41) is 0. The van der Waals surface area contributed by atoms with Gasteiger partial charge in [-0.1, -0.05) is 40.0 Å². The Bertz CT molecular complexity index is 502. The van der Waals surface area contributed by atoms with E-state index in [1.165, 1.54) is 6.92 Å². The Hall–Kier alpha value is -0.410. The Balaban J connectivity index is 0. The van der Waals surface area contributed by atoms with Crippen LogP contribution in [0.5, 0.6) is 0 Å². The van der Waals surface area contributed by atoms with Gasteiger partial charge in [-0.3, -0.25) is 4.55 Å². The van der Waals surface area contributed by atoms with Crippen molar-refractivity contribution in [1.82, 2.24) is 0 Å². The van der Waals surface area contributed by atoms with Gasteiger partial charge in [-0.2, -0.15) is 8.42 Å².